The van der Waals surface area contributed by atoms with Gasteiger partial charge in [-0.25, -0.2) is 4.98 Å². The predicted octanol–water partition coefficient (Wildman–Crippen LogP) is 0.163. The third-order valence-corrected chi connectivity index (χ3v) is 2.35. The Morgan fingerprint density at radius 3 is 2.92 bits per heavy atom. The Labute approximate surface area is 76.9 Å². The SMILES string of the molecule is CO[C@@H]1CN[C@H](c2n[nH]c(C)n2)C1. The predicted molar refractivity (Wildman–Crippen MR) is 47.3 cm³/mol. The molecular weight excluding hydrogens is 168 g/mol. The molecule has 0 unspecified atom stereocenters. The van der Waals surface area contributed by atoms with Gasteiger partial charge in [0, 0.05) is 13.7 Å². The summed E-state index contributed by atoms with van der Waals surface area (Å²) in [6.45, 7) is 2.79. The van der Waals surface area contributed by atoms with Gasteiger partial charge in [-0.05, 0) is 13.3 Å². The van der Waals surface area contributed by atoms with Crippen LogP contribution in [0.1, 0.15) is 24.1 Å². The van der Waals surface area contributed by atoms with Gasteiger partial charge in [-0.2, -0.15) is 5.10 Å². The van der Waals surface area contributed by atoms with Crippen molar-refractivity contribution < 1.29 is 4.74 Å². The van der Waals surface area contributed by atoms with Crippen LogP contribution in [0.25, 0.3) is 0 Å². The molecule has 2 rings (SSSR count). The van der Waals surface area contributed by atoms with Crippen molar-refractivity contribution in [1.29, 1.82) is 0 Å². The van der Waals surface area contributed by atoms with Crippen LogP contribution in [0.4, 0.5) is 0 Å². The van der Waals surface area contributed by atoms with Gasteiger partial charge in [0.25, 0.3) is 0 Å². The molecule has 5 heteroatoms. The highest BCUT2D eigenvalue weighted by Crippen LogP contribution is 2.21. The zero-order chi connectivity index (χ0) is 9.26. The van der Waals surface area contributed by atoms with Gasteiger partial charge in [-0.15, -0.1) is 0 Å². The van der Waals surface area contributed by atoms with Crippen LogP contribution >= 0.6 is 0 Å². The van der Waals surface area contributed by atoms with E-state index in [1.54, 1.807) is 7.11 Å². The average molecular weight is 182 g/mol. The number of ether oxygens (including phenoxy) is 1. The number of rotatable bonds is 2. The van der Waals surface area contributed by atoms with Crippen LogP contribution in [-0.4, -0.2) is 34.9 Å². The fourth-order valence-corrected chi connectivity index (χ4v) is 1.60. The Hall–Kier alpha value is -0.940. The van der Waals surface area contributed by atoms with Crippen LogP contribution < -0.4 is 5.32 Å². The molecule has 1 saturated heterocycles. The van der Waals surface area contributed by atoms with E-state index in [-0.39, 0.29) is 6.04 Å². The molecule has 0 aromatic carbocycles. The van der Waals surface area contributed by atoms with Crippen LogP contribution in [0, 0.1) is 6.92 Å². The molecule has 2 N–H and O–H groups in total. The highest BCUT2D eigenvalue weighted by molar-refractivity contribution is 4.99. The van der Waals surface area contributed by atoms with Crippen molar-refractivity contribution >= 4 is 0 Å². The van der Waals surface area contributed by atoms with E-state index in [1.165, 1.54) is 0 Å². The maximum Gasteiger partial charge on any atom is 0.167 e. The second-order valence-corrected chi connectivity index (χ2v) is 3.33. The molecule has 1 aliphatic rings. The lowest BCUT2D eigenvalue weighted by atomic mass is 10.2. The fraction of sp³-hybridized carbons (Fsp3) is 0.750. The summed E-state index contributed by atoms with van der Waals surface area (Å²) in [7, 11) is 1.73. The normalized spacial score (nSPS) is 28.2. The minimum atomic E-state index is 0.245. The average Bonchev–Trinajstić information content (AvgIpc) is 2.71. The number of aromatic nitrogens is 3. The summed E-state index contributed by atoms with van der Waals surface area (Å²) in [5, 5.41) is 10.3. The number of hydrogen-bond donors (Lipinski definition) is 2. The van der Waals surface area contributed by atoms with Crippen LogP contribution in [0.2, 0.25) is 0 Å². The molecule has 1 fully saturated rings. The molecule has 0 amide bonds. The molecule has 0 bridgehead atoms. The largest absolute Gasteiger partial charge is 0.380 e. The second kappa shape index (κ2) is 3.43. The van der Waals surface area contributed by atoms with Gasteiger partial charge in [0.1, 0.15) is 5.82 Å². The number of aryl methyl sites for hydroxylation is 1. The van der Waals surface area contributed by atoms with Crippen LogP contribution in [-0.2, 0) is 4.74 Å². The Kier molecular flexibility index (Phi) is 2.28. The number of nitrogens with one attached hydrogen (secondary N) is 2. The summed E-state index contributed by atoms with van der Waals surface area (Å²) < 4.78 is 5.24. The van der Waals surface area contributed by atoms with E-state index < -0.39 is 0 Å². The van der Waals surface area contributed by atoms with Crippen molar-refractivity contribution in [1.82, 2.24) is 20.5 Å². The van der Waals surface area contributed by atoms with Crippen molar-refractivity contribution in [2.75, 3.05) is 13.7 Å². The minimum absolute atomic E-state index is 0.245. The molecule has 2 heterocycles. The van der Waals surface area contributed by atoms with Gasteiger partial charge in [-0.1, -0.05) is 0 Å². The molecule has 13 heavy (non-hydrogen) atoms. The molecule has 1 aromatic rings. The van der Waals surface area contributed by atoms with E-state index >= 15 is 0 Å². The van der Waals surface area contributed by atoms with Crippen LogP contribution in [0.5, 0.6) is 0 Å². The number of methoxy groups -OCH3 is 1. The van der Waals surface area contributed by atoms with E-state index in [2.05, 4.69) is 20.5 Å². The van der Waals surface area contributed by atoms with Crippen molar-refractivity contribution in [2.45, 2.75) is 25.5 Å². The topological polar surface area (TPSA) is 62.8 Å². The lowest BCUT2D eigenvalue weighted by Crippen LogP contribution is -2.16. The van der Waals surface area contributed by atoms with Gasteiger partial charge < -0.3 is 10.1 Å². The minimum Gasteiger partial charge on any atom is -0.380 e. The van der Waals surface area contributed by atoms with E-state index in [1.807, 2.05) is 6.92 Å². The Morgan fingerprint density at radius 1 is 1.54 bits per heavy atom. The van der Waals surface area contributed by atoms with E-state index in [0.717, 1.165) is 24.6 Å². The standard InChI is InChI=1S/C8H14N4O/c1-5-10-8(12-11-5)7-3-6(13-2)4-9-7/h6-7,9H,3-4H2,1-2H3,(H,10,11,12)/t6-,7-/m0/s1. The molecule has 0 radical (unpaired) electrons. The highest BCUT2D eigenvalue weighted by Gasteiger charge is 2.27. The molecular formula is C8H14N4O. The second-order valence-electron chi connectivity index (χ2n) is 3.33. The third kappa shape index (κ3) is 1.71. The van der Waals surface area contributed by atoms with Crippen molar-refractivity contribution in [3.05, 3.63) is 11.6 Å². The van der Waals surface area contributed by atoms with Crippen LogP contribution in [0.15, 0.2) is 0 Å². The fourth-order valence-electron chi connectivity index (χ4n) is 1.60. The summed E-state index contributed by atoms with van der Waals surface area (Å²) in [6, 6.07) is 0.245. The molecule has 0 aliphatic carbocycles. The first-order chi connectivity index (χ1) is 6.29. The first-order valence-electron chi connectivity index (χ1n) is 4.44. The number of H-pyrrole nitrogens is 1. The van der Waals surface area contributed by atoms with Crippen molar-refractivity contribution in [3.8, 4) is 0 Å². The highest BCUT2D eigenvalue weighted by atomic mass is 16.5. The van der Waals surface area contributed by atoms with Crippen LogP contribution in [0.3, 0.4) is 0 Å². The Bertz CT molecular complexity index is 285. The van der Waals surface area contributed by atoms with E-state index in [4.69, 9.17) is 4.74 Å². The third-order valence-electron chi connectivity index (χ3n) is 2.35. The van der Waals surface area contributed by atoms with Gasteiger partial charge in [0.05, 0.1) is 12.1 Å². The molecule has 0 saturated carbocycles. The zero-order valence-electron chi connectivity index (χ0n) is 7.87. The van der Waals surface area contributed by atoms with Gasteiger partial charge in [0.15, 0.2) is 5.82 Å². The Morgan fingerprint density at radius 2 is 2.38 bits per heavy atom. The molecule has 1 aliphatic heterocycles. The first kappa shape index (κ1) is 8.65. The summed E-state index contributed by atoms with van der Waals surface area (Å²) in [4.78, 5) is 4.28. The Balaban J connectivity index is 2.03. The van der Waals surface area contributed by atoms with Gasteiger partial charge in [0.2, 0.25) is 0 Å². The summed E-state index contributed by atoms with van der Waals surface area (Å²) >= 11 is 0. The maximum absolute atomic E-state index is 5.24. The quantitative estimate of drug-likeness (QED) is 0.684. The van der Waals surface area contributed by atoms with Crippen molar-refractivity contribution in [2.24, 2.45) is 0 Å². The number of nitrogens with zero attached hydrogens (tertiary/aromatic N) is 2. The molecule has 72 valence electrons. The van der Waals surface area contributed by atoms with E-state index in [0.29, 0.717) is 6.10 Å². The molecule has 5 nitrogen and oxygen atoms in total. The monoisotopic (exact) mass is 182 g/mol. The summed E-state index contributed by atoms with van der Waals surface area (Å²) in [5.74, 6) is 1.70. The van der Waals surface area contributed by atoms with Crippen molar-refractivity contribution in [3.63, 3.8) is 0 Å². The van der Waals surface area contributed by atoms with E-state index in [9.17, 15) is 0 Å². The lowest BCUT2D eigenvalue weighted by molar-refractivity contribution is 0.117. The smallest absolute Gasteiger partial charge is 0.167 e. The number of aromatic amines is 1. The summed E-state index contributed by atoms with van der Waals surface area (Å²) in [6.07, 6.45) is 1.25. The molecule has 1 aromatic heterocycles. The molecule has 2 atom stereocenters. The summed E-state index contributed by atoms with van der Waals surface area (Å²) in [5.41, 5.74) is 0. The zero-order valence-corrected chi connectivity index (χ0v) is 7.87. The van der Waals surface area contributed by atoms with Gasteiger partial charge in [-0.3, -0.25) is 5.10 Å². The first-order valence-corrected chi connectivity index (χ1v) is 4.44. The van der Waals surface area contributed by atoms with Gasteiger partial charge >= 0.3 is 0 Å². The lowest BCUT2D eigenvalue weighted by Gasteiger charge is -2.04. The molecule has 0 spiro atoms. The maximum atomic E-state index is 5.24. The number of hydrogen-bond acceptors (Lipinski definition) is 4.